The van der Waals surface area contributed by atoms with Gasteiger partial charge in [0.25, 0.3) is 0 Å². The van der Waals surface area contributed by atoms with Crippen LogP contribution in [0.25, 0.3) is 11.0 Å². The minimum Gasteiger partial charge on any atom is -0.459 e. The van der Waals surface area contributed by atoms with Gasteiger partial charge in [0.2, 0.25) is 0 Å². The lowest BCUT2D eigenvalue weighted by atomic mass is 9.97. The van der Waals surface area contributed by atoms with Crippen molar-refractivity contribution >= 4 is 11.0 Å². The van der Waals surface area contributed by atoms with Crippen LogP contribution in [0.4, 0.5) is 4.39 Å². The number of benzene rings is 2. The molecule has 108 valence electrons. The van der Waals surface area contributed by atoms with Crippen molar-refractivity contribution in [3.8, 4) is 0 Å². The fraction of sp³-hybridized carbons (Fsp3) is 0.176. The summed E-state index contributed by atoms with van der Waals surface area (Å²) in [7, 11) is 0. The number of hydrogen-bond acceptors (Lipinski definition) is 3. The molecule has 1 aromatic heterocycles. The highest BCUT2D eigenvalue weighted by molar-refractivity contribution is 5.78. The van der Waals surface area contributed by atoms with Crippen LogP contribution in [0.1, 0.15) is 28.5 Å². The number of aryl methyl sites for hydroxylation is 2. The molecule has 0 aliphatic carbocycles. The Labute approximate surface area is 122 Å². The molecule has 3 rings (SSSR count). The van der Waals surface area contributed by atoms with Crippen LogP contribution in [0.3, 0.4) is 0 Å². The standard InChI is InChI=1S/C17H17FN2O/c1-10-7-11(2)16(13(18)8-10)17(20-19)15-9-12-5-3-4-6-14(12)21-15/h3-9,17,20H,19H2,1-2H3. The third kappa shape index (κ3) is 2.44. The lowest BCUT2D eigenvalue weighted by molar-refractivity contribution is 0.461. The molecule has 0 aliphatic heterocycles. The number of hydrogen-bond donors (Lipinski definition) is 2. The summed E-state index contributed by atoms with van der Waals surface area (Å²) in [6, 6.07) is 12.5. The van der Waals surface area contributed by atoms with Crippen molar-refractivity contribution in [3.63, 3.8) is 0 Å². The SMILES string of the molecule is Cc1cc(C)c(C(NN)c2cc3ccccc3o2)c(F)c1. The van der Waals surface area contributed by atoms with E-state index in [1.165, 1.54) is 6.07 Å². The van der Waals surface area contributed by atoms with Crippen LogP contribution in [0.15, 0.2) is 46.9 Å². The molecule has 0 saturated carbocycles. The number of fused-ring (bicyclic) bond motifs is 1. The molecule has 1 heterocycles. The first-order valence-corrected chi connectivity index (χ1v) is 6.81. The summed E-state index contributed by atoms with van der Waals surface area (Å²) in [6.45, 7) is 3.74. The first kappa shape index (κ1) is 13.8. The van der Waals surface area contributed by atoms with Crippen molar-refractivity contribution in [2.24, 2.45) is 5.84 Å². The third-order valence-corrected chi connectivity index (χ3v) is 3.67. The molecule has 0 bridgehead atoms. The molecule has 0 spiro atoms. The van der Waals surface area contributed by atoms with E-state index in [-0.39, 0.29) is 5.82 Å². The smallest absolute Gasteiger partial charge is 0.134 e. The first-order valence-electron chi connectivity index (χ1n) is 6.81. The molecule has 0 radical (unpaired) electrons. The van der Waals surface area contributed by atoms with E-state index >= 15 is 0 Å². The van der Waals surface area contributed by atoms with Gasteiger partial charge >= 0.3 is 0 Å². The van der Waals surface area contributed by atoms with Crippen molar-refractivity contribution in [1.29, 1.82) is 0 Å². The molecular weight excluding hydrogens is 267 g/mol. The second kappa shape index (κ2) is 5.31. The van der Waals surface area contributed by atoms with Gasteiger partial charge in [-0.25, -0.2) is 9.82 Å². The van der Waals surface area contributed by atoms with Crippen molar-refractivity contribution in [2.75, 3.05) is 0 Å². The molecule has 0 aliphatic rings. The highest BCUT2D eigenvalue weighted by Crippen LogP contribution is 2.31. The van der Waals surface area contributed by atoms with Gasteiger partial charge in [0.1, 0.15) is 23.2 Å². The second-order valence-electron chi connectivity index (χ2n) is 5.26. The minimum absolute atomic E-state index is 0.282. The van der Waals surface area contributed by atoms with Gasteiger partial charge in [0.05, 0.1) is 0 Å². The van der Waals surface area contributed by atoms with Gasteiger partial charge < -0.3 is 4.42 Å². The molecule has 4 heteroatoms. The van der Waals surface area contributed by atoms with E-state index in [1.54, 1.807) is 0 Å². The normalized spacial score (nSPS) is 12.8. The van der Waals surface area contributed by atoms with E-state index < -0.39 is 6.04 Å². The Hall–Kier alpha value is -2.17. The number of hydrazine groups is 1. The highest BCUT2D eigenvalue weighted by atomic mass is 19.1. The Morgan fingerprint density at radius 3 is 2.57 bits per heavy atom. The largest absolute Gasteiger partial charge is 0.459 e. The molecule has 0 amide bonds. The monoisotopic (exact) mass is 284 g/mol. The minimum atomic E-state index is -0.516. The number of nitrogens with two attached hydrogens (primary N) is 1. The highest BCUT2D eigenvalue weighted by Gasteiger charge is 2.22. The number of halogens is 1. The van der Waals surface area contributed by atoms with E-state index in [9.17, 15) is 4.39 Å². The van der Waals surface area contributed by atoms with Crippen LogP contribution in [0, 0.1) is 19.7 Å². The van der Waals surface area contributed by atoms with Crippen molar-refractivity contribution in [3.05, 3.63) is 70.7 Å². The zero-order valence-corrected chi connectivity index (χ0v) is 12.0. The van der Waals surface area contributed by atoms with Crippen LogP contribution >= 0.6 is 0 Å². The van der Waals surface area contributed by atoms with Crippen molar-refractivity contribution < 1.29 is 8.81 Å². The maximum atomic E-state index is 14.4. The fourth-order valence-corrected chi connectivity index (χ4v) is 2.74. The Balaban J connectivity index is 2.14. The van der Waals surface area contributed by atoms with Crippen LogP contribution in [-0.4, -0.2) is 0 Å². The predicted octanol–water partition coefficient (Wildman–Crippen LogP) is 3.74. The lowest BCUT2D eigenvalue weighted by Crippen LogP contribution is -2.30. The topological polar surface area (TPSA) is 51.2 Å². The summed E-state index contributed by atoms with van der Waals surface area (Å²) in [5, 5.41) is 0.970. The molecule has 0 fully saturated rings. The molecule has 2 aromatic carbocycles. The van der Waals surface area contributed by atoms with Crippen molar-refractivity contribution in [1.82, 2.24) is 5.43 Å². The zero-order chi connectivity index (χ0) is 15.0. The molecule has 3 nitrogen and oxygen atoms in total. The summed E-state index contributed by atoms with van der Waals surface area (Å²) in [4.78, 5) is 0. The fourth-order valence-electron chi connectivity index (χ4n) is 2.74. The van der Waals surface area contributed by atoms with Crippen LogP contribution < -0.4 is 11.3 Å². The van der Waals surface area contributed by atoms with E-state index in [0.29, 0.717) is 11.3 Å². The van der Waals surface area contributed by atoms with Gasteiger partial charge in [0, 0.05) is 10.9 Å². The zero-order valence-electron chi connectivity index (χ0n) is 12.0. The van der Waals surface area contributed by atoms with Crippen molar-refractivity contribution in [2.45, 2.75) is 19.9 Å². The summed E-state index contributed by atoms with van der Waals surface area (Å²) in [5.41, 5.74) is 5.67. The Morgan fingerprint density at radius 1 is 1.14 bits per heavy atom. The Kier molecular flexibility index (Phi) is 3.49. The molecule has 1 atom stereocenters. The number of nitrogens with one attached hydrogen (secondary N) is 1. The average Bonchev–Trinajstić information content (AvgIpc) is 2.85. The van der Waals surface area contributed by atoms with Gasteiger partial charge in [0.15, 0.2) is 0 Å². The van der Waals surface area contributed by atoms with E-state index in [4.69, 9.17) is 10.3 Å². The summed E-state index contributed by atoms with van der Waals surface area (Å²) in [5.74, 6) is 5.98. The molecule has 3 aromatic rings. The molecular formula is C17H17FN2O. The molecule has 21 heavy (non-hydrogen) atoms. The molecule has 3 N–H and O–H groups in total. The van der Waals surface area contributed by atoms with Gasteiger partial charge in [-0.2, -0.15) is 0 Å². The quantitative estimate of drug-likeness (QED) is 0.569. The van der Waals surface area contributed by atoms with Gasteiger partial charge in [-0.05, 0) is 43.2 Å². The Bertz CT molecular complexity index is 738. The second-order valence-corrected chi connectivity index (χ2v) is 5.26. The van der Waals surface area contributed by atoms with Crippen LogP contribution in [0.2, 0.25) is 0 Å². The maximum Gasteiger partial charge on any atom is 0.134 e. The van der Waals surface area contributed by atoms with Gasteiger partial charge in [-0.3, -0.25) is 5.84 Å². The predicted molar refractivity (Wildman–Crippen MR) is 81.3 cm³/mol. The van der Waals surface area contributed by atoms with E-state index in [0.717, 1.165) is 22.1 Å². The summed E-state index contributed by atoms with van der Waals surface area (Å²) in [6.07, 6.45) is 0. The molecule has 0 saturated heterocycles. The summed E-state index contributed by atoms with van der Waals surface area (Å²) >= 11 is 0. The lowest BCUT2D eigenvalue weighted by Gasteiger charge is -2.17. The van der Waals surface area contributed by atoms with E-state index in [2.05, 4.69) is 5.43 Å². The number of rotatable bonds is 3. The third-order valence-electron chi connectivity index (χ3n) is 3.67. The summed E-state index contributed by atoms with van der Waals surface area (Å²) < 4.78 is 20.2. The van der Waals surface area contributed by atoms with Crippen LogP contribution in [0.5, 0.6) is 0 Å². The molecule has 1 unspecified atom stereocenters. The van der Waals surface area contributed by atoms with Gasteiger partial charge in [-0.15, -0.1) is 0 Å². The van der Waals surface area contributed by atoms with Crippen LogP contribution in [-0.2, 0) is 0 Å². The van der Waals surface area contributed by atoms with Gasteiger partial charge in [-0.1, -0.05) is 24.3 Å². The maximum absolute atomic E-state index is 14.4. The number of para-hydroxylation sites is 1. The van der Waals surface area contributed by atoms with E-state index in [1.807, 2.05) is 50.2 Å². The number of furan rings is 1. The average molecular weight is 284 g/mol. The first-order chi connectivity index (χ1) is 10.1. The Morgan fingerprint density at radius 2 is 1.90 bits per heavy atom.